The highest BCUT2D eigenvalue weighted by atomic mass is 16.1. The number of rotatable bonds is 6. The minimum Gasteiger partial charge on any atom is -0.374 e. The topological polar surface area (TPSA) is 58.1 Å². The number of hydrogen-bond acceptors (Lipinski definition) is 4. The molecule has 0 aliphatic carbocycles. The van der Waals surface area contributed by atoms with Crippen molar-refractivity contribution >= 4 is 28.2 Å². The third-order valence-corrected chi connectivity index (χ3v) is 4.14. The van der Waals surface area contributed by atoms with Gasteiger partial charge in [-0.15, -0.1) is 0 Å². The van der Waals surface area contributed by atoms with E-state index >= 15 is 0 Å². The number of hydrogen-bond donors (Lipinski definition) is 1. The number of pyridine rings is 2. The van der Waals surface area contributed by atoms with Gasteiger partial charge >= 0.3 is 0 Å². The molecule has 1 amide bonds. The van der Waals surface area contributed by atoms with E-state index in [1.807, 2.05) is 49.5 Å². The maximum atomic E-state index is 12.6. The molecule has 0 atom stereocenters. The van der Waals surface area contributed by atoms with E-state index in [1.165, 1.54) is 0 Å². The molecular formula is C20H22N4O. The van der Waals surface area contributed by atoms with Gasteiger partial charge in [-0.1, -0.05) is 31.5 Å². The molecule has 0 aliphatic heterocycles. The van der Waals surface area contributed by atoms with E-state index in [1.54, 1.807) is 12.4 Å². The zero-order valence-corrected chi connectivity index (χ0v) is 14.6. The van der Waals surface area contributed by atoms with Crippen LogP contribution >= 0.6 is 0 Å². The second-order valence-electron chi connectivity index (χ2n) is 6.01. The van der Waals surface area contributed by atoms with Gasteiger partial charge in [-0.2, -0.15) is 0 Å². The quantitative estimate of drug-likeness (QED) is 0.737. The molecular weight excluding hydrogens is 312 g/mol. The fourth-order valence-corrected chi connectivity index (χ4v) is 2.70. The first-order chi connectivity index (χ1) is 12.2. The van der Waals surface area contributed by atoms with Crippen molar-refractivity contribution in [3.8, 4) is 0 Å². The fraction of sp³-hybridized carbons (Fsp3) is 0.250. The van der Waals surface area contributed by atoms with Crippen LogP contribution < -0.4 is 10.2 Å². The lowest BCUT2D eigenvalue weighted by Gasteiger charge is -2.19. The Labute approximate surface area is 147 Å². The summed E-state index contributed by atoms with van der Waals surface area (Å²) in [5, 5.41) is 3.92. The van der Waals surface area contributed by atoms with E-state index in [2.05, 4.69) is 27.1 Å². The standard InChI is InChI=1S/C20H22N4O/c1-3-4-13-24(2)16-10-12-21-18(14-16)20(25)23-17-9-5-7-15-8-6-11-22-19(15)17/h5-12,14H,3-4,13H2,1-2H3,(H,23,25). The molecule has 1 N–H and O–H groups in total. The summed E-state index contributed by atoms with van der Waals surface area (Å²) in [6.07, 6.45) is 5.65. The first-order valence-electron chi connectivity index (χ1n) is 8.51. The Morgan fingerprint density at radius 1 is 1.12 bits per heavy atom. The molecule has 3 aromatic rings. The van der Waals surface area contributed by atoms with Gasteiger partial charge < -0.3 is 10.2 Å². The molecule has 0 unspecified atom stereocenters. The summed E-state index contributed by atoms with van der Waals surface area (Å²) in [6, 6.07) is 13.3. The number of amides is 1. The molecule has 0 saturated carbocycles. The minimum atomic E-state index is -0.233. The van der Waals surface area contributed by atoms with Gasteiger partial charge in [-0.25, -0.2) is 0 Å². The molecule has 5 nitrogen and oxygen atoms in total. The lowest BCUT2D eigenvalue weighted by molar-refractivity contribution is 0.102. The average Bonchev–Trinajstić information content (AvgIpc) is 2.66. The van der Waals surface area contributed by atoms with Crippen molar-refractivity contribution in [1.29, 1.82) is 0 Å². The van der Waals surface area contributed by atoms with Crippen molar-refractivity contribution in [3.63, 3.8) is 0 Å². The highest BCUT2D eigenvalue weighted by Crippen LogP contribution is 2.21. The van der Waals surface area contributed by atoms with Crippen LogP contribution in [0.3, 0.4) is 0 Å². The summed E-state index contributed by atoms with van der Waals surface area (Å²) >= 11 is 0. The second-order valence-corrected chi connectivity index (χ2v) is 6.01. The summed E-state index contributed by atoms with van der Waals surface area (Å²) in [4.78, 5) is 23.4. The van der Waals surface area contributed by atoms with E-state index in [0.29, 0.717) is 11.4 Å². The lowest BCUT2D eigenvalue weighted by atomic mass is 10.2. The zero-order chi connectivity index (χ0) is 17.6. The van der Waals surface area contributed by atoms with Gasteiger partial charge in [-0.3, -0.25) is 14.8 Å². The SMILES string of the molecule is CCCCN(C)c1ccnc(C(=O)Nc2cccc3cccnc23)c1. The Balaban J connectivity index is 1.81. The third kappa shape index (κ3) is 3.94. The van der Waals surface area contributed by atoms with Gasteiger partial charge in [0.2, 0.25) is 0 Å². The largest absolute Gasteiger partial charge is 0.374 e. The van der Waals surface area contributed by atoms with Gasteiger partial charge in [0.15, 0.2) is 0 Å². The first kappa shape index (κ1) is 16.9. The van der Waals surface area contributed by atoms with Crippen LogP contribution in [0.4, 0.5) is 11.4 Å². The Morgan fingerprint density at radius 2 is 1.96 bits per heavy atom. The Kier molecular flexibility index (Phi) is 5.23. The molecule has 0 fully saturated rings. The molecule has 0 aliphatic rings. The van der Waals surface area contributed by atoms with Crippen LogP contribution in [0.2, 0.25) is 0 Å². The first-order valence-corrected chi connectivity index (χ1v) is 8.51. The molecule has 128 valence electrons. The van der Waals surface area contributed by atoms with E-state index < -0.39 is 0 Å². The highest BCUT2D eigenvalue weighted by Gasteiger charge is 2.12. The molecule has 25 heavy (non-hydrogen) atoms. The minimum absolute atomic E-state index is 0.233. The van der Waals surface area contributed by atoms with E-state index in [-0.39, 0.29) is 5.91 Å². The molecule has 2 aromatic heterocycles. The van der Waals surface area contributed by atoms with Crippen molar-refractivity contribution in [1.82, 2.24) is 9.97 Å². The van der Waals surface area contributed by atoms with Crippen molar-refractivity contribution in [2.75, 3.05) is 23.8 Å². The normalized spacial score (nSPS) is 10.6. The Bertz CT molecular complexity index is 873. The molecule has 0 radical (unpaired) electrons. The van der Waals surface area contributed by atoms with Crippen LogP contribution in [0.5, 0.6) is 0 Å². The summed E-state index contributed by atoms with van der Waals surface area (Å²) in [6.45, 7) is 3.12. The number of anilines is 2. The maximum absolute atomic E-state index is 12.6. The van der Waals surface area contributed by atoms with Gasteiger partial charge in [0.1, 0.15) is 5.69 Å². The van der Waals surface area contributed by atoms with Crippen LogP contribution in [0.1, 0.15) is 30.3 Å². The van der Waals surface area contributed by atoms with Crippen molar-refractivity contribution < 1.29 is 4.79 Å². The number of fused-ring (bicyclic) bond motifs is 1. The number of nitrogens with one attached hydrogen (secondary N) is 1. The van der Waals surface area contributed by atoms with Crippen LogP contribution in [-0.2, 0) is 0 Å². The fourth-order valence-electron chi connectivity index (χ4n) is 2.70. The summed E-state index contributed by atoms with van der Waals surface area (Å²) in [5.41, 5.74) is 2.85. The average molecular weight is 334 g/mol. The van der Waals surface area contributed by atoms with Crippen molar-refractivity contribution in [3.05, 3.63) is 60.6 Å². The number of aromatic nitrogens is 2. The molecule has 0 spiro atoms. The highest BCUT2D eigenvalue weighted by molar-refractivity contribution is 6.07. The summed E-state index contributed by atoms with van der Waals surface area (Å²) in [7, 11) is 2.03. The number of carbonyl (C=O) groups is 1. The van der Waals surface area contributed by atoms with Gasteiger partial charge in [0, 0.05) is 37.1 Å². The van der Waals surface area contributed by atoms with Crippen LogP contribution in [0, 0.1) is 0 Å². The predicted octanol–water partition coefficient (Wildman–Crippen LogP) is 4.12. The van der Waals surface area contributed by atoms with Gasteiger partial charge in [0.05, 0.1) is 11.2 Å². The van der Waals surface area contributed by atoms with Crippen molar-refractivity contribution in [2.24, 2.45) is 0 Å². The lowest BCUT2D eigenvalue weighted by Crippen LogP contribution is -2.20. The van der Waals surface area contributed by atoms with Gasteiger partial charge in [0.25, 0.3) is 5.91 Å². The number of carbonyl (C=O) groups excluding carboxylic acids is 1. The smallest absolute Gasteiger partial charge is 0.274 e. The third-order valence-electron chi connectivity index (χ3n) is 4.14. The zero-order valence-electron chi connectivity index (χ0n) is 14.6. The summed E-state index contributed by atoms with van der Waals surface area (Å²) < 4.78 is 0. The number of nitrogens with zero attached hydrogens (tertiary/aromatic N) is 3. The Morgan fingerprint density at radius 3 is 2.80 bits per heavy atom. The van der Waals surface area contributed by atoms with Gasteiger partial charge in [-0.05, 0) is 30.7 Å². The number of benzene rings is 1. The molecule has 5 heteroatoms. The van der Waals surface area contributed by atoms with E-state index in [0.717, 1.165) is 36.0 Å². The molecule has 0 saturated heterocycles. The Hall–Kier alpha value is -2.95. The predicted molar refractivity (Wildman–Crippen MR) is 102 cm³/mol. The summed E-state index contributed by atoms with van der Waals surface area (Å²) in [5.74, 6) is -0.233. The molecule has 3 rings (SSSR count). The van der Waals surface area contributed by atoms with Crippen molar-refractivity contribution in [2.45, 2.75) is 19.8 Å². The monoisotopic (exact) mass is 334 g/mol. The number of para-hydroxylation sites is 1. The maximum Gasteiger partial charge on any atom is 0.274 e. The van der Waals surface area contributed by atoms with E-state index in [9.17, 15) is 4.79 Å². The molecule has 1 aromatic carbocycles. The van der Waals surface area contributed by atoms with Crippen LogP contribution in [-0.4, -0.2) is 29.5 Å². The number of unbranched alkanes of at least 4 members (excludes halogenated alkanes) is 1. The molecule has 2 heterocycles. The van der Waals surface area contributed by atoms with Crippen LogP contribution in [0.15, 0.2) is 54.9 Å². The van der Waals surface area contributed by atoms with E-state index in [4.69, 9.17) is 0 Å². The van der Waals surface area contributed by atoms with Crippen LogP contribution in [0.25, 0.3) is 10.9 Å². The second kappa shape index (κ2) is 7.75. The molecule has 0 bridgehead atoms.